The Labute approximate surface area is 209 Å². The van der Waals surface area contributed by atoms with Crippen molar-refractivity contribution in [2.75, 3.05) is 0 Å². The molecule has 0 heterocycles. The molecule has 0 saturated carbocycles. The first-order chi connectivity index (χ1) is 17.1. The van der Waals surface area contributed by atoms with E-state index in [1.807, 2.05) is 37.3 Å². The number of aryl methyl sites for hydroxylation is 2. The number of carbonyl (C=O) groups excluding carboxylic acids is 1. The average Bonchev–Trinajstić information content (AvgIpc) is 2.86. The molecule has 0 aliphatic heterocycles. The number of phenols is 2. The van der Waals surface area contributed by atoms with Crippen molar-refractivity contribution < 1.29 is 28.9 Å². The first-order valence-corrected chi connectivity index (χ1v) is 11.3. The van der Waals surface area contributed by atoms with Crippen LogP contribution < -0.4 is 0 Å². The van der Waals surface area contributed by atoms with Gasteiger partial charge in [0.15, 0.2) is 23.1 Å². The fraction of sp³-hybridized carbons (Fsp3) is 0.167. The summed E-state index contributed by atoms with van der Waals surface area (Å²) in [7, 11) is 0. The van der Waals surface area contributed by atoms with E-state index in [0.717, 1.165) is 39.7 Å². The van der Waals surface area contributed by atoms with Crippen molar-refractivity contribution in [3.63, 3.8) is 0 Å². The molecule has 0 aliphatic rings. The Kier molecular flexibility index (Phi) is 8.22. The van der Waals surface area contributed by atoms with Gasteiger partial charge in [-0.1, -0.05) is 36.4 Å². The number of aliphatic hydroxyl groups excluding tert-OH is 1. The maximum Gasteiger partial charge on any atom is 0.168 e. The summed E-state index contributed by atoms with van der Waals surface area (Å²) >= 11 is 0. The average molecular weight is 491 g/mol. The lowest BCUT2D eigenvalue weighted by molar-refractivity contribution is 0.112. The normalized spacial score (nSPS) is 10.5. The van der Waals surface area contributed by atoms with E-state index in [1.54, 1.807) is 39.0 Å². The van der Waals surface area contributed by atoms with Gasteiger partial charge in [0, 0.05) is 5.56 Å². The zero-order valence-electron chi connectivity index (χ0n) is 20.6. The third kappa shape index (κ3) is 5.44. The summed E-state index contributed by atoms with van der Waals surface area (Å²) in [5.74, 6) is -1.88. The van der Waals surface area contributed by atoms with Gasteiger partial charge in [-0.3, -0.25) is 4.79 Å². The second kappa shape index (κ2) is 11.1. The highest BCUT2D eigenvalue weighted by molar-refractivity contribution is 5.81. The second-order valence-electron chi connectivity index (χ2n) is 8.65. The van der Waals surface area contributed by atoms with Crippen molar-refractivity contribution in [2.24, 2.45) is 0 Å². The number of aldehydes is 1. The predicted molar refractivity (Wildman–Crippen MR) is 137 cm³/mol. The first kappa shape index (κ1) is 26.6. The van der Waals surface area contributed by atoms with Crippen molar-refractivity contribution >= 4 is 6.29 Å². The van der Waals surface area contributed by atoms with Crippen LogP contribution >= 0.6 is 0 Å². The summed E-state index contributed by atoms with van der Waals surface area (Å²) < 4.78 is 27.5. The van der Waals surface area contributed by atoms with Crippen molar-refractivity contribution in [1.82, 2.24) is 0 Å². The van der Waals surface area contributed by atoms with Crippen LogP contribution in [0.1, 0.15) is 38.2 Å². The number of halogens is 2. The number of aromatic hydroxyl groups is 2. The highest BCUT2D eigenvalue weighted by atomic mass is 19.1. The number of hydrogen-bond donors (Lipinski definition) is 3. The summed E-state index contributed by atoms with van der Waals surface area (Å²) in [5, 5.41) is 28.0. The molecule has 6 heteroatoms. The molecule has 0 amide bonds. The summed E-state index contributed by atoms with van der Waals surface area (Å²) in [5.41, 5.74) is 6.80. The van der Waals surface area contributed by atoms with Crippen LogP contribution in [-0.2, 0) is 6.61 Å². The van der Waals surface area contributed by atoms with E-state index in [1.165, 1.54) is 12.1 Å². The molecule has 0 radical (unpaired) electrons. The Morgan fingerprint density at radius 1 is 0.722 bits per heavy atom. The smallest absolute Gasteiger partial charge is 0.168 e. The summed E-state index contributed by atoms with van der Waals surface area (Å²) in [6, 6.07) is 17.1. The van der Waals surface area contributed by atoms with Crippen LogP contribution in [0.15, 0.2) is 60.7 Å². The minimum atomic E-state index is -0.618. The number of phenolic OH excluding ortho intramolecular Hbond substituents is 2. The number of rotatable bonds is 4. The molecule has 4 nitrogen and oxygen atoms in total. The van der Waals surface area contributed by atoms with Crippen molar-refractivity contribution in [1.29, 1.82) is 0 Å². The molecular formula is C30H28F2O4. The van der Waals surface area contributed by atoms with Crippen molar-refractivity contribution in [3.8, 4) is 33.8 Å². The van der Waals surface area contributed by atoms with Gasteiger partial charge in [0.25, 0.3) is 0 Å². The molecule has 0 atom stereocenters. The van der Waals surface area contributed by atoms with Gasteiger partial charge in [0.2, 0.25) is 0 Å². The zero-order valence-corrected chi connectivity index (χ0v) is 20.6. The van der Waals surface area contributed by atoms with Gasteiger partial charge in [0.05, 0.1) is 6.61 Å². The molecule has 3 N–H and O–H groups in total. The summed E-state index contributed by atoms with van der Waals surface area (Å²) in [6.45, 7) is 6.84. The van der Waals surface area contributed by atoms with Crippen LogP contribution in [0.5, 0.6) is 11.5 Å². The Balaban J connectivity index is 0.000000201. The second-order valence-corrected chi connectivity index (χ2v) is 8.65. The fourth-order valence-corrected chi connectivity index (χ4v) is 4.36. The van der Waals surface area contributed by atoms with E-state index < -0.39 is 11.6 Å². The number of hydrogen-bond acceptors (Lipinski definition) is 4. The first-order valence-electron chi connectivity index (χ1n) is 11.3. The van der Waals surface area contributed by atoms with Gasteiger partial charge in [-0.05, 0) is 102 Å². The maximum atomic E-state index is 13.7. The lowest BCUT2D eigenvalue weighted by atomic mass is 9.94. The van der Waals surface area contributed by atoms with Crippen LogP contribution in [0.25, 0.3) is 22.3 Å². The molecule has 4 aromatic rings. The topological polar surface area (TPSA) is 77.8 Å². The SMILES string of the molecule is Cc1cc(O)c(F)c(C)c1-c1cccc(C=O)c1.Cc1cc(O)c(F)c(C)c1-c1cccc(CO)c1. The molecule has 4 rings (SSSR count). The molecule has 0 saturated heterocycles. The van der Waals surface area contributed by atoms with E-state index in [9.17, 15) is 23.8 Å². The fourth-order valence-electron chi connectivity index (χ4n) is 4.36. The van der Waals surface area contributed by atoms with Gasteiger partial charge in [-0.2, -0.15) is 0 Å². The highest BCUT2D eigenvalue weighted by Gasteiger charge is 2.15. The molecule has 0 spiro atoms. The van der Waals surface area contributed by atoms with E-state index in [2.05, 4.69) is 0 Å². The monoisotopic (exact) mass is 490 g/mol. The van der Waals surface area contributed by atoms with Crippen molar-refractivity contribution in [3.05, 3.63) is 106 Å². The van der Waals surface area contributed by atoms with E-state index in [4.69, 9.17) is 5.11 Å². The molecule has 0 aromatic heterocycles. The molecule has 0 fully saturated rings. The lowest BCUT2D eigenvalue weighted by Crippen LogP contribution is -1.94. The van der Waals surface area contributed by atoms with E-state index >= 15 is 0 Å². The van der Waals surface area contributed by atoms with Gasteiger partial charge in [-0.25, -0.2) is 8.78 Å². The molecule has 0 bridgehead atoms. The molecule has 186 valence electrons. The van der Waals surface area contributed by atoms with Crippen LogP contribution in [0.2, 0.25) is 0 Å². The van der Waals surface area contributed by atoms with E-state index in [-0.39, 0.29) is 18.1 Å². The Bertz CT molecular complexity index is 1430. The molecule has 0 unspecified atom stereocenters. The Hall–Kier alpha value is -4.03. The largest absolute Gasteiger partial charge is 0.505 e. The number of aliphatic hydroxyl groups is 1. The summed E-state index contributed by atoms with van der Waals surface area (Å²) in [6.07, 6.45) is 0.755. The standard InChI is InChI=1S/C15H15FO2.C15H13FO2/c2*1-9-6-13(18)15(16)10(2)14(9)12-5-3-4-11(7-12)8-17/h3-7,17-18H,8H2,1-2H3;3-8,18H,1-2H3. The lowest BCUT2D eigenvalue weighted by Gasteiger charge is -2.13. The minimum absolute atomic E-state index is 0.0491. The maximum absolute atomic E-state index is 13.7. The molecule has 0 aliphatic carbocycles. The van der Waals surface area contributed by atoms with Gasteiger partial charge >= 0.3 is 0 Å². The zero-order chi connectivity index (χ0) is 26.6. The third-order valence-electron chi connectivity index (χ3n) is 6.06. The van der Waals surface area contributed by atoms with Gasteiger partial charge in [-0.15, -0.1) is 0 Å². The Morgan fingerprint density at radius 2 is 1.19 bits per heavy atom. The van der Waals surface area contributed by atoms with Gasteiger partial charge in [0.1, 0.15) is 6.29 Å². The number of carbonyl (C=O) groups is 1. The highest BCUT2D eigenvalue weighted by Crippen LogP contribution is 2.34. The van der Waals surface area contributed by atoms with Crippen LogP contribution in [0.4, 0.5) is 8.78 Å². The summed E-state index contributed by atoms with van der Waals surface area (Å²) in [4.78, 5) is 10.8. The van der Waals surface area contributed by atoms with Crippen LogP contribution in [0, 0.1) is 39.3 Å². The van der Waals surface area contributed by atoms with E-state index in [0.29, 0.717) is 22.3 Å². The minimum Gasteiger partial charge on any atom is -0.505 e. The van der Waals surface area contributed by atoms with Crippen LogP contribution in [0.3, 0.4) is 0 Å². The molecule has 36 heavy (non-hydrogen) atoms. The molecular weight excluding hydrogens is 462 g/mol. The van der Waals surface area contributed by atoms with Crippen LogP contribution in [-0.4, -0.2) is 21.6 Å². The van der Waals surface area contributed by atoms with Crippen molar-refractivity contribution in [2.45, 2.75) is 34.3 Å². The number of benzene rings is 4. The quantitative estimate of drug-likeness (QED) is 0.271. The Morgan fingerprint density at radius 3 is 1.67 bits per heavy atom. The predicted octanol–water partition coefficient (Wildman–Crippen LogP) is 6.94. The molecule has 4 aromatic carbocycles. The van der Waals surface area contributed by atoms with Gasteiger partial charge < -0.3 is 15.3 Å². The third-order valence-corrected chi connectivity index (χ3v) is 6.06.